The Bertz CT molecular complexity index is 1590. The van der Waals surface area contributed by atoms with Crippen molar-refractivity contribution in [3.8, 4) is 11.1 Å². The Morgan fingerprint density at radius 2 is 1.81 bits per heavy atom. The summed E-state index contributed by atoms with van der Waals surface area (Å²) in [6, 6.07) is 16.9. The largest absolute Gasteiger partial charge is 0.480 e. The minimum atomic E-state index is -4.59. The fraction of sp³-hybridized carbons (Fsp3) is 0.185. The Labute approximate surface area is 214 Å². The standard InChI is InChI=1S/C27H22F3N3O3S/c1-32-14-21(26(35)36)33-24(34)23(31)20(13-16-8-4-7-15-6-2-3-11-19(15)16)22(25(33)37-32)17-9-5-10-18(12-17)27(28,29)30/h2-12,21H,13-14,31H2,1H3,(H,35,36). The Balaban J connectivity index is 1.84. The van der Waals surface area contributed by atoms with Gasteiger partial charge in [0.2, 0.25) is 0 Å². The van der Waals surface area contributed by atoms with Crippen LogP contribution in [0.25, 0.3) is 21.9 Å². The normalized spacial score (nSPS) is 16.1. The van der Waals surface area contributed by atoms with Gasteiger partial charge in [-0.2, -0.15) is 13.2 Å². The third-order valence-electron chi connectivity index (χ3n) is 6.50. The van der Waals surface area contributed by atoms with Crippen LogP contribution in [-0.2, 0) is 17.4 Å². The highest BCUT2D eigenvalue weighted by atomic mass is 32.2. The lowest BCUT2D eigenvalue weighted by molar-refractivity contribution is -0.141. The number of benzene rings is 3. The molecule has 1 unspecified atom stereocenters. The van der Waals surface area contributed by atoms with Gasteiger partial charge < -0.3 is 10.8 Å². The van der Waals surface area contributed by atoms with Gasteiger partial charge in [0.15, 0.2) is 0 Å². The van der Waals surface area contributed by atoms with Crippen molar-refractivity contribution in [3.05, 3.63) is 93.8 Å². The zero-order chi connectivity index (χ0) is 26.5. The van der Waals surface area contributed by atoms with Crippen molar-refractivity contribution >= 4 is 34.4 Å². The predicted octanol–water partition coefficient (Wildman–Crippen LogP) is 5.44. The quantitative estimate of drug-likeness (QED) is 0.345. The number of alkyl halides is 3. The molecule has 2 heterocycles. The summed E-state index contributed by atoms with van der Waals surface area (Å²) in [7, 11) is 1.67. The fourth-order valence-corrected chi connectivity index (χ4v) is 5.92. The van der Waals surface area contributed by atoms with Gasteiger partial charge in [0.1, 0.15) is 16.8 Å². The van der Waals surface area contributed by atoms with E-state index in [-0.39, 0.29) is 29.2 Å². The number of carboxylic acids is 1. The summed E-state index contributed by atoms with van der Waals surface area (Å²) in [6.07, 6.45) is -4.42. The Morgan fingerprint density at radius 3 is 2.54 bits per heavy atom. The second kappa shape index (κ2) is 9.28. The summed E-state index contributed by atoms with van der Waals surface area (Å²) < 4.78 is 43.7. The van der Waals surface area contributed by atoms with Crippen molar-refractivity contribution in [1.82, 2.24) is 8.87 Å². The first-order valence-electron chi connectivity index (χ1n) is 11.4. The molecule has 0 saturated heterocycles. The molecular weight excluding hydrogens is 503 g/mol. The average Bonchev–Trinajstić information content (AvgIpc) is 2.86. The molecule has 10 heteroatoms. The molecule has 0 bridgehead atoms. The van der Waals surface area contributed by atoms with Gasteiger partial charge in [0.05, 0.1) is 5.56 Å². The van der Waals surface area contributed by atoms with Crippen LogP contribution in [0.2, 0.25) is 0 Å². The molecule has 1 aliphatic heterocycles. The molecule has 190 valence electrons. The molecule has 1 atom stereocenters. The molecule has 0 fully saturated rings. The van der Waals surface area contributed by atoms with Crippen LogP contribution in [0.4, 0.5) is 18.9 Å². The Hall–Kier alpha value is -3.76. The minimum Gasteiger partial charge on any atom is -0.480 e. The lowest BCUT2D eigenvalue weighted by Gasteiger charge is -2.33. The molecule has 5 rings (SSSR count). The number of nitrogens with zero attached hydrogens (tertiary/aromatic N) is 2. The second-order valence-electron chi connectivity index (χ2n) is 8.90. The molecule has 0 amide bonds. The van der Waals surface area contributed by atoms with Crippen molar-refractivity contribution in [2.24, 2.45) is 0 Å². The number of anilines is 1. The van der Waals surface area contributed by atoms with Crippen LogP contribution in [0.3, 0.4) is 0 Å². The number of fused-ring (bicyclic) bond motifs is 2. The highest BCUT2D eigenvalue weighted by molar-refractivity contribution is 7.97. The lowest BCUT2D eigenvalue weighted by atomic mass is 9.92. The van der Waals surface area contributed by atoms with Gasteiger partial charge in [0, 0.05) is 18.5 Å². The van der Waals surface area contributed by atoms with E-state index in [2.05, 4.69) is 0 Å². The van der Waals surface area contributed by atoms with Gasteiger partial charge >= 0.3 is 12.1 Å². The van der Waals surface area contributed by atoms with Gasteiger partial charge in [-0.25, -0.2) is 9.10 Å². The number of likely N-dealkylation sites (N-methyl/N-ethyl adjacent to an activating group) is 1. The van der Waals surface area contributed by atoms with Crippen molar-refractivity contribution < 1.29 is 23.1 Å². The summed E-state index contributed by atoms with van der Waals surface area (Å²) in [5.41, 5.74) is 6.40. The first-order valence-corrected chi connectivity index (χ1v) is 12.2. The topological polar surface area (TPSA) is 88.6 Å². The monoisotopic (exact) mass is 525 g/mol. The summed E-state index contributed by atoms with van der Waals surface area (Å²) in [5.74, 6) is -1.23. The SMILES string of the molecule is CN1CC(C(=O)O)n2c(c(-c3cccc(C(F)(F)F)c3)c(Cc3cccc4ccccc34)c(N)c2=O)S1. The number of nitrogen functional groups attached to an aromatic ring is 1. The Kier molecular flexibility index (Phi) is 6.25. The predicted molar refractivity (Wildman–Crippen MR) is 137 cm³/mol. The van der Waals surface area contributed by atoms with E-state index in [1.165, 1.54) is 12.1 Å². The van der Waals surface area contributed by atoms with Gasteiger partial charge in [-0.05, 0) is 58.6 Å². The van der Waals surface area contributed by atoms with Crippen molar-refractivity contribution in [2.75, 3.05) is 19.3 Å². The molecule has 1 aromatic heterocycles. The number of rotatable bonds is 4. The highest BCUT2D eigenvalue weighted by Gasteiger charge is 2.36. The van der Waals surface area contributed by atoms with Crippen LogP contribution >= 0.6 is 11.9 Å². The molecule has 0 spiro atoms. The smallest absolute Gasteiger partial charge is 0.416 e. The molecule has 0 radical (unpaired) electrons. The maximum absolute atomic E-state index is 13.6. The van der Waals surface area contributed by atoms with Crippen LogP contribution in [0, 0.1) is 0 Å². The molecule has 37 heavy (non-hydrogen) atoms. The molecular formula is C27H22F3N3O3S. The number of carbonyl (C=O) groups is 1. The first kappa shape index (κ1) is 24.9. The molecule has 3 aromatic carbocycles. The number of halogens is 3. The number of aromatic nitrogens is 1. The molecule has 0 saturated carbocycles. The number of carboxylic acid groups (broad SMARTS) is 1. The zero-order valence-corrected chi connectivity index (χ0v) is 20.4. The van der Waals surface area contributed by atoms with E-state index in [0.717, 1.165) is 45.0 Å². The molecule has 0 aliphatic carbocycles. The van der Waals surface area contributed by atoms with E-state index < -0.39 is 29.3 Å². The maximum Gasteiger partial charge on any atom is 0.416 e. The first-order chi connectivity index (χ1) is 17.6. The maximum atomic E-state index is 13.6. The highest BCUT2D eigenvalue weighted by Crippen LogP contribution is 2.43. The summed E-state index contributed by atoms with van der Waals surface area (Å²) in [4.78, 5) is 25.6. The van der Waals surface area contributed by atoms with Crippen molar-refractivity contribution in [3.63, 3.8) is 0 Å². The number of hydrogen-bond acceptors (Lipinski definition) is 5. The summed E-state index contributed by atoms with van der Waals surface area (Å²) in [5, 5.41) is 12.0. The summed E-state index contributed by atoms with van der Waals surface area (Å²) >= 11 is 1.12. The van der Waals surface area contributed by atoms with Crippen molar-refractivity contribution in [2.45, 2.75) is 23.7 Å². The summed E-state index contributed by atoms with van der Waals surface area (Å²) in [6.45, 7) is 0.0248. The van der Waals surface area contributed by atoms with Gasteiger partial charge in [-0.1, -0.05) is 54.6 Å². The molecule has 6 nitrogen and oxygen atoms in total. The Morgan fingerprint density at radius 1 is 1.11 bits per heavy atom. The molecule has 4 aromatic rings. The van der Waals surface area contributed by atoms with Gasteiger partial charge in [-0.15, -0.1) is 0 Å². The van der Waals surface area contributed by atoms with Crippen LogP contribution < -0.4 is 11.3 Å². The van der Waals surface area contributed by atoms with Crippen molar-refractivity contribution in [1.29, 1.82) is 0 Å². The van der Waals surface area contributed by atoms with E-state index in [4.69, 9.17) is 5.73 Å². The third kappa shape index (κ3) is 4.47. The number of hydrogen-bond donors (Lipinski definition) is 2. The van der Waals surface area contributed by atoms with Crippen LogP contribution in [0.1, 0.15) is 22.7 Å². The van der Waals surface area contributed by atoms with Gasteiger partial charge in [-0.3, -0.25) is 9.36 Å². The van der Waals surface area contributed by atoms with E-state index in [1.807, 2.05) is 42.5 Å². The van der Waals surface area contributed by atoms with E-state index in [9.17, 15) is 27.9 Å². The molecule has 3 N–H and O–H groups in total. The van der Waals surface area contributed by atoms with E-state index in [0.29, 0.717) is 11.1 Å². The third-order valence-corrected chi connectivity index (χ3v) is 7.54. The number of pyridine rings is 1. The van der Waals surface area contributed by atoms with E-state index >= 15 is 0 Å². The van der Waals surface area contributed by atoms with Crippen LogP contribution in [0.15, 0.2) is 76.6 Å². The fourth-order valence-electron chi connectivity index (χ4n) is 4.78. The van der Waals surface area contributed by atoms with E-state index in [1.54, 1.807) is 11.4 Å². The van der Waals surface area contributed by atoms with Crippen LogP contribution in [-0.4, -0.2) is 33.5 Å². The number of nitrogens with two attached hydrogens (primary N) is 1. The minimum absolute atomic E-state index is 0.0248. The molecule has 1 aliphatic rings. The number of aliphatic carboxylic acids is 1. The van der Waals surface area contributed by atoms with Crippen LogP contribution in [0.5, 0.6) is 0 Å². The van der Waals surface area contributed by atoms with Gasteiger partial charge in [0.25, 0.3) is 5.56 Å². The lowest BCUT2D eigenvalue weighted by Crippen LogP contribution is -2.42. The second-order valence-corrected chi connectivity index (χ2v) is 10.1. The average molecular weight is 526 g/mol. The zero-order valence-electron chi connectivity index (χ0n) is 19.6.